The molecule has 0 bridgehead atoms. The number of ether oxygens (including phenoxy) is 1. The summed E-state index contributed by atoms with van der Waals surface area (Å²) < 4.78 is 9.29. The van der Waals surface area contributed by atoms with Crippen LogP contribution < -0.4 is 5.56 Å². The first-order valence-corrected chi connectivity index (χ1v) is 5.59. The molecule has 5 heteroatoms. The number of aromatic amines is 1. The van der Waals surface area contributed by atoms with E-state index in [1.54, 1.807) is 0 Å². The summed E-state index contributed by atoms with van der Waals surface area (Å²) in [6.45, 7) is 3.76. The molecule has 5 nitrogen and oxygen atoms in total. The zero-order chi connectivity index (χ0) is 11.6. The quantitative estimate of drug-likeness (QED) is 0.795. The Morgan fingerprint density at radius 2 is 2.38 bits per heavy atom. The molecule has 0 radical (unpaired) electrons. The highest BCUT2D eigenvalue weighted by molar-refractivity contribution is 5.47. The van der Waals surface area contributed by atoms with E-state index in [0.29, 0.717) is 0 Å². The molecule has 0 saturated carbocycles. The van der Waals surface area contributed by atoms with Gasteiger partial charge in [0.1, 0.15) is 12.9 Å². The molecule has 2 rings (SSSR count). The first-order valence-electron chi connectivity index (χ1n) is 5.59. The summed E-state index contributed by atoms with van der Waals surface area (Å²) in [4.78, 5) is 14.6. The molecule has 1 N–H and O–H groups in total. The maximum Gasteiger partial charge on any atom is 0.283 e. The first-order chi connectivity index (χ1) is 7.84. The van der Waals surface area contributed by atoms with Crippen molar-refractivity contribution in [1.82, 2.24) is 5.16 Å². The smallest absolute Gasteiger partial charge is 0.283 e. The molecule has 90 valence electrons. The van der Waals surface area contributed by atoms with E-state index in [0.717, 1.165) is 31.6 Å². The molecule has 2 heterocycles. The minimum absolute atomic E-state index is 0.0823. The van der Waals surface area contributed by atoms with Crippen molar-refractivity contribution < 1.29 is 9.26 Å². The zero-order valence-corrected chi connectivity index (χ0v) is 9.57. The van der Waals surface area contributed by atoms with Gasteiger partial charge in [0.15, 0.2) is 6.40 Å². The molecular formula is C11H18N2O3. The molecule has 1 aliphatic rings. The SMILES string of the molecule is C1=NCCO1.CCCCCc1co[nH]c1=O. The molecule has 1 aromatic rings. The average molecular weight is 226 g/mol. The van der Waals surface area contributed by atoms with Crippen molar-refractivity contribution in [3.63, 3.8) is 0 Å². The third-order valence-electron chi connectivity index (χ3n) is 2.18. The average Bonchev–Trinajstić information content (AvgIpc) is 2.94. The summed E-state index contributed by atoms with van der Waals surface area (Å²) in [5, 5.41) is 2.26. The molecule has 0 atom stereocenters. The van der Waals surface area contributed by atoms with Crippen LogP contribution in [-0.4, -0.2) is 24.7 Å². The lowest BCUT2D eigenvalue weighted by molar-refractivity contribution is 0.361. The van der Waals surface area contributed by atoms with Crippen LogP contribution in [-0.2, 0) is 11.2 Å². The van der Waals surface area contributed by atoms with Crippen LogP contribution in [0.4, 0.5) is 0 Å². The fourth-order valence-electron chi connectivity index (χ4n) is 1.27. The van der Waals surface area contributed by atoms with Crippen LogP contribution in [0.1, 0.15) is 31.7 Å². The van der Waals surface area contributed by atoms with Crippen LogP contribution in [0, 0.1) is 0 Å². The summed E-state index contributed by atoms with van der Waals surface area (Å²) in [5.41, 5.74) is 0.680. The highest BCUT2D eigenvalue weighted by Gasteiger charge is 1.99. The maximum absolute atomic E-state index is 10.9. The van der Waals surface area contributed by atoms with Gasteiger partial charge in [-0.05, 0) is 12.8 Å². The number of aromatic nitrogens is 1. The number of unbranched alkanes of at least 4 members (excludes halogenated alkanes) is 2. The van der Waals surface area contributed by atoms with Crippen molar-refractivity contribution in [2.75, 3.05) is 13.2 Å². The molecule has 0 spiro atoms. The number of aliphatic imine (C=N–C) groups is 1. The van der Waals surface area contributed by atoms with E-state index in [1.165, 1.54) is 25.5 Å². The van der Waals surface area contributed by atoms with Gasteiger partial charge in [-0.2, -0.15) is 5.16 Å². The Hall–Kier alpha value is -1.52. The van der Waals surface area contributed by atoms with Gasteiger partial charge in [0.2, 0.25) is 0 Å². The van der Waals surface area contributed by atoms with Gasteiger partial charge in [0.05, 0.1) is 12.1 Å². The number of aryl methyl sites for hydroxylation is 1. The summed E-state index contributed by atoms with van der Waals surface area (Å²) >= 11 is 0. The lowest BCUT2D eigenvalue weighted by Gasteiger charge is -1.91. The maximum atomic E-state index is 10.9. The fraction of sp³-hybridized carbons (Fsp3) is 0.636. The van der Waals surface area contributed by atoms with E-state index in [4.69, 9.17) is 0 Å². The lowest BCUT2D eigenvalue weighted by atomic mass is 10.1. The Bertz CT molecular complexity index is 348. The number of H-pyrrole nitrogens is 1. The van der Waals surface area contributed by atoms with Crippen LogP contribution in [0.2, 0.25) is 0 Å². The second-order valence-electron chi connectivity index (χ2n) is 3.53. The Kier molecular flexibility index (Phi) is 6.06. The number of hydrogen-bond donors (Lipinski definition) is 1. The van der Waals surface area contributed by atoms with Crippen molar-refractivity contribution in [1.29, 1.82) is 0 Å². The first kappa shape index (κ1) is 12.5. The van der Waals surface area contributed by atoms with Gasteiger partial charge in [-0.1, -0.05) is 19.8 Å². The second kappa shape index (κ2) is 7.73. The summed E-state index contributed by atoms with van der Waals surface area (Å²) in [5.74, 6) is 0. The minimum atomic E-state index is -0.0823. The third kappa shape index (κ3) is 4.82. The van der Waals surface area contributed by atoms with Gasteiger partial charge >= 0.3 is 0 Å². The van der Waals surface area contributed by atoms with Crippen molar-refractivity contribution in [2.24, 2.45) is 4.99 Å². The van der Waals surface area contributed by atoms with Crippen molar-refractivity contribution in [3.8, 4) is 0 Å². The van der Waals surface area contributed by atoms with Crippen LogP contribution in [0.15, 0.2) is 20.6 Å². The molecular weight excluding hydrogens is 208 g/mol. The molecule has 16 heavy (non-hydrogen) atoms. The van der Waals surface area contributed by atoms with E-state index in [1.807, 2.05) is 0 Å². The number of rotatable bonds is 4. The van der Waals surface area contributed by atoms with Crippen molar-refractivity contribution in [2.45, 2.75) is 32.6 Å². The lowest BCUT2D eigenvalue weighted by Crippen LogP contribution is -2.04. The second-order valence-corrected chi connectivity index (χ2v) is 3.53. The zero-order valence-electron chi connectivity index (χ0n) is 9.57. The number of nitrogens with zero attached hydrogens (tertiary/aromatic N) is 1. The van der Waals surface area contributed by atoms with Crippen molar-refractivity contribution in [3.05, 3.63) is 22.2 Å². The van der Waals surface area contributed by atoms with E-state index in [-0.39, 0.29) is 5.56 Å². The molecule has 0 saturated heterocycles. The largest absolute Gasteiger partial charge is 0.482 e. The van der Waals surface area contributed by atoms with Gasteiger partial charge in [0, 0.05) is 0 Å². The van der Waals surface area contributed by atoms with E-state index in [9.17, 15) is 4.79 Å². The van der Waals surface area contributed by atoms with Crippen LogP contribution >= 0.6 is 0 Å². The Morgan fingerprint density at radius 3 is 2.81 bits per heavy atom. The van der Waals surface area contributed by atoms with Crippen molar-refractivity contribution >= 4 is 6.40 Å². The van der Waals surface area contributed by atoms with E-state index in [2.05, 4.69) is 26.3 Å². The highest BCUT2D eigenvalue weighted by Crippen LogP contribution is 2.00. The van der Waals surface area contributed by atoms with Crippen LogP contribution in [0.5, 0.6) is 0 Å². The minimum Gasteiger partial charge on any atom is -0.482 e. The normalized spacial score (nSPS) is 13.1. The van der Waals surface area contributed by atoms with Gasteiger partial charge in [0.25, 0.3) is 5.56 Å². The highest BCUT2D eigenvalue weighted by atomic mass is 16.5. The molecule has 1 aliphatic heterocycles. The Balaban J connectivity index is 0.000000212. The Morgan fingerprint density at radius 1 is 1.50 bits per heavy atom. The van der Waals surface area contributed by atoms with Gasteiger partial charge in [-0.15, -0.1) is 0 Å². The third-order valence-corrected chi connectivity index (χ3v) is 2.18. The van der Waals surface area contributed by atoms with Crippen LogP contribution in [0.25, 0.3) is 0 Å². The predicted molar refractivity (Wildman–Crippen MR) is 61.9 cm³/mol. The molecule has 0 fully saturated rings. The van der Waals surface area contributed by atoms with Gasteiger partial charge in [-0.25, -0.2) is 0 Å². The predicted octanol–water partition coefficient (Wildman–Crippen LogP) is 1.75. The fourth-order valence-corrected chi connectivity index (χ4v) is 1.27. The summed E-state index contributed by atoms with van der Waals surface area (Å²) in [6.07, 6.45) is 7.23. The summed E-state index contributed by atoms with van der Waals surface area (Å²) in [6, 6.07) is 0. The molecule has 1 aromatic heterocycles. The molecule has 0 unspecified atom stereocenters. The van der Waals surface area contributed by atoms with Gasteiger partial charge in [-0.3, -0.25) is 9.79 Å². The summed E-state index contributed by atoms with van der Waals surface area (Å²) in [7, 11) is 0. The Labute approximate surface area is 94.5 Å². The van der Waals surface area contributed by atoms with Crippen LogP contribution in [0.3, 0.4) is 0 Å². The molecule has 0 aliphatic carbocycles. The number of nitrogens with one attached hydrogen (secondary N) is 1. The standard InChI is InChI=1S/C8H13NO2.C3H5NO/c1-2-3-4-5-7-6-11-9-8(7)10;1-2-5-3-4-1/h6H,2-5H2,1H3,(H,9,10);3H,1-2H2. The topological polar surface area (TPSA) is 67.6 Å². The van der Waals surface area contributed by atoms with Gasteiger partial charge < -0.3 is 9.26 Å². The molecule has 0 aromatic carbocycles. The van der Waals surface area contributed by atoms with E-state index < -0.39 is 0 Å². The monoisotopic (exact) mass is 226 g/mol. The van der Waals surface area contributed by atoms with E-state index >= 15 is 0 Å². The number of hydrogen-bond acceptors (Lipinski definition) is 4. The molecule has 0 amide bonds.